The number of alkyl halides is 2. The summed E-state index contributed by atoms with van der Waals surface area (Å²) in [5, 5.41) is 8.97. The van der Waals surface area contributed by atoms with Crippen LogP contribution in [0.3, 0.4) is 0 Å². The van der Waals surface area contributed by atoms with E-state index < -0.39 is 6.61 Å². The SMILES string of the molecule is Cn1c(CCN)nnc1SCc1ccc(OC(F)F)cc1. The molecule has 2 aromatic rings. The molecule has 0 radical (unpaired) electrons. The molecule has 0 amide bonds. The highest BCUT2D eigenvalue weighted by Crippen LogP contribution is 2.23. The third kappa shape index (κ3) is 4.40. The molecule has 1 heterocycles. The topological polar surface area (TPSA) is 66.0 Å². The second kappa shape index (κ2) is 7.37. The lowest BCUT2D eigenvalue weighted by atomic mass is 10.2. The van der Waals surface area contributed by atoms with Gasteiger partial charge in [0, 0.05) is 19.2 Å². The Morgan fingerprint density at radius 2 is 2.00 bits per heavy atom. The summed E-state index contributed by atoms with van der Waals surface area (Å²) in [7, 11) is 1.90. The first-order chi connectivity index (χ1) is 10.1. The summed E-state index contributed by atoms with van der Waals surface area (Å²) in [6.07, 6.45) is 0.684. The van der Waals surface area contributed by atoms with Gasteiger partial charge in [0.1, 0.15) is 11.6 Å². The van der Waals surface area contributed by atoms with Crippen molar-refractivity contribution in [3.05, 3.63) is 35.7 Å². The number of hydrogen-bond donors (Lipinski definition) is 1. The molecule has 0 bridgehead atoms. The van der Waals surface area contributed by atoms with Crippen molar-refractivity contribution >= 4 is 11.8 Å². The van der Waals surface area contributed by atoms with Crippen LogP contribution in [-0.4, -0.2) is 27.9 Å². The van der Waals surface area contributed by atoms with Gasteiger partial charge in [-0.3, -0.25) is 0 Å². The van der Waals surface area contributed by atoms with Crippen LogP contribution in [0.4, 0.5) is 8.78 Å². The maximum Gasteiger partial charge on any atom is 0.387 e. The quantitative estimate of drug-likeness (QED) is 0.794. The summed E-state index contributed by atoms with van der Waals surface area (Å²) in [5.41, 5.74) is 6.49. The lowest BCUT2D eigenvalue weighted by Gasteiger charge is -2.06. The Balaban J connectivity index is 1.93. The number of nitrogens with zero attached hydrogens (tertiary/aromatic N) is 3. The summed E-state index contributed by atoms with van der Waals surface area (Å²) >= 11 is 1.53. The van der Waals surface area contributed by atoms with Crippen LogP contribution in [0, 0.1) is 0 Å². The zero-order valence-corrected chi connectivity index (χ0v) is 12.3. The van der Waals surface area contributed by atoms with E-state index in [-0.39, 0.29) is 5.75 Å². The minimum Gasteiger partial charge on any atom is -0.435 e. The molecule has 1 aromatic carbocycles. The van der Waals surface area contributed by atoms with Gasteiger partial charge in [0.05, 0.1) is 0 Å². The van der Waals surface area contributed by atoms with E-state index in [0.717, 1.165) is 16.5 Å². The highest BCUT2D eigenvalue weighted by molar-refractivity contribution is 7.98. The molecule has 1 aromatic heterocycles. The average Bonchev–Trinajstić information content (AvgIpc) is 2.79. The van der Waals surface area contributed by atoms with Crippen molar-refractivity contribution in [3.63, 3.8) is 0 Å². The minimum atomic E-state index is -2.80. The van der Waals surface area contributed by atoms with E-state index in [2.05, 4.69) is 14.9 Å². The molecule has 5 nitrogen and oxygen atoms in total. The Morgan fingerprint density at radius 1 is 1.29 bits per heavy atom. The van der Waals surface area contributed by atoms with Gasteiger partial charge in [-0.15, -0.1) is 10.2 Å². The van der Waals surface area contributed by atoms with E-state index in [1.165, 1.54) is 23.9 Å². The van der Waals surface area contributed by atoms with Gasteiger partial charge >= 0.3 is 6.61 Å². The molecule has 0 spiro atoms. The molecular formula is C13H16F2N4OS. The van der Waals surface area contributed by atoms with Crippen LogP contribution in [0.15, 0.2) is 29.4 Å². The number of rotatable bonds is 7. The molecule has 2 N–H and O–H groups in total. The lowest BCUT2D eigenvalue weighted by Crippen LogP contribution is -2.08. The first kappa shape index (κ1) is 15.7. The molecule has 0 saturated heterocycles. The molecule has 21 heavy (non-hydrogen) atoms. The maximum absolute atomic E-state index is 12.0. The molecule has 8 heteroatoms. The van der Waals surface area contributed by atoms with Gasteiger partial charge in [-0.1, -0.05) is 23.9 Å². The van der Waals surface area contributed by atoms with Crippen molar-refractivity contribution < 1.29 is 13.5 Å². The van der Waals surface area contributed by atoms with E-state index >= 15 is 0 Å². The van der Waals surface area contributed by atoms with Crippen molar-refractivity contribution in [1.82, 2.24) is 14.8 Å². The molecule has 0 aliphatic rings. The summed E-state index contributed by atoms with van der Waals surface area (Å²) in [5.74, 6) is 1.67. The number of benzene rings is 1. The van der Waals surface area contributed by atoms with Crippen LogP contribution in [0.2, 0.25) is 0 Å². The second-order valence-electron chi connectivity index (χ2n) is 4.31. The molecule has 0 fully saturated rings. The third-order valence-electron chi connectivity index (χ3n) is 2.81. The molecule has 0 saturated carbocycles. The second-order valence-corrected chi connectivity index (χ2v) is 5.25. The van der Waals surface area contributed by atoms with Gasteiger partial charge in [0.15, 0.2) is 5.16 Å². The first-order valence-corrected chi connectivity index (χ1v) is 7.33. The van der Waals surface area contributed by atoms with Crippen molar-refractivity contribution in [2.45, 2.75) is 23.9 Å². The summed E-state index contributed by atoms with van der Waals surface area (Å²) in [4.78, 5) is 0. The average molecular weight is 314 g/mol. The predicted molar refractivity (Wildman–Crippen MR) is 76.4 cm³/mol. The number of halogens is 2. The monoisotopic (exact) mass is 314 g/mol. The molecular weight excluding hydrogens is 298 g/mol. The fourth-order valence-electron chi connectivity index (χ4n) is 1.73. The van der Waals surface area contributed by atoms with Gasteiger partial charge in [-0.25, -0.2) is 0 Å². The normalized spacial score (nSPS) is 11.1. The fraction of sp³-hybridized carbons (Fsp3) is 0.385. The predicted octanol–water partition coefficient (Wildman–Crippen LogP) is 2.21. The largest absolute Gasteiger partial charge is 0.435 e. The maximum atomic E-state index is 12.0. The number of thioether (sulfide) groups is 1. The van der Waals surface area contributed by atoms with Gasteiger partial charge in [-0.05, 0) is 24.2 Å². The van der Waals surface area contributed by atoms with Crippen LogP contribution in [0.1, 0.15) is 11.4 Å². The Bertz CT molecular complexity index is 574. The standard InChI is InChI=1S/C13H16F2N4OS/c1-19-11(6-7-16)17-18-13(19)21-8-9-2-4-10(5-3-9)20-12(14)15/h2-5,12H,6-8,16H2,1H3. The third-order valence-corrected chi connectivity index (χ3v) is 3.90. The molecule has 2 rings (SSSR count). The molecule has 114 valence electrons. The Hall–Kier alpha value is -1.67. The zero-order valence-electron chi connectivity index (χ0n) is 11.5. The highest BCUT2D eigenvalue weighted by atomic mass is 32.2. The molecule has 0 aliphatic carbocycles. The summed E-state index contributed by atoms with van der Waals surface area (Å²) in [6.45, 7) is -2.27. The lowest BCUT2D eigenvalue weighted by molar-refractivity contribution is -0.0498. The van der Waals surface area contributed by atoms with Gasteiger partial charge < -0.3 is 15.0 Å². The van der Waals surface area contributed by atoms with Crippen LogP contribution in [-0.2, 0) is 19.2 Å². The van der Waals surface area contributed by atoms with Gasteiger partial charge in [0.25, 0.3) is 0 Å². The Morgan fingerprint density at radius 3 is 2.62 bits per heavy atom. The number of hydrogen-bond acceptors (Lipinski definition) is 5. The van der Waals surface area contributed by atoms with Crippen LogP contribution in [0.25, 0.3) is 0 Å². The summed E-state index contributed by atoms with van der Waals surface area (Å²) < 4.78 is 30.3. The van der Waals surface area contributed by atoms with Crippen LogP contribution >= 0.6 is 11.8 Å². The number of aromatic nitrogens is 3. The van der Waals surface area contributed by atoms with Gasteiger partial charge in [0.2, 0.25) is 0 Å². The van der Waals surface area contributed by atoms with Gasteiger partial charge in [-0.2, -0.15) is 8.78 Å². The van der Waals surface area contributed by atoms with Crippen molar-refractivity contribution in [3.8, 4) is 5.75 Å². The van der Waals surface area contributed by atoms with E-state index in [0.29, 0.717) is 18.7 Å². The van der Waals surface area contributed by atoms with E-state index in [1.807, 2.05) is 11.6 Å². The van der Waals surface area contributed by atoms with Crippen LogP contribution in [0.5, 0.6) is 5.75 Å². The van der Waals surface area contributed by atoms with Crippen molar-refractivity contribution in [2.24, 2.45) is 12.8 Å². The molecule has 0 atom stereocenters. The van der Waals surface area contributed by atoms with Crippen molar-refractivity contribution in [2.75, 3.05) is 6.54 Å². The summed E-state index contributed by atoms with van der Waals surface area (Å²) in [6, 6.07) is 6.56. The Labute approximate surface area is 125 Å². The Kier molecular flexibility index (Phi) is 5.51. The smallest absolute Gasteiger partial charge is 0.387 e. The molecule has 0 unspecified atom stereocenters. The fourth-order valence-corrected chi connectivity index (χ4v) is 2.62. The van der Waals surface area contributed by atoms with Crippen molar-refractivity contribution in [1.29, 1.82) is 0 Å². The zero-order chi connectivity index (χ0) is 15.2. The molecule has 0 aliphatic heterocycles. The van der Waals surface area contributed by atoms with E-state index in [1.54, 1.807) is 12.1 Å². The first-order valence-electron chi connectivity index (χ1n) is 6.35. The number of nitrogens with two attached hydrogens (primary N) is 1. The highest BCUT2D eigenvalue weighted by Gasteiger charge is 2.09. The van der Waals surface area contributed by atoms with E-state index in [4.69, 9.17) is 5.73 Å². The van der Waals surface area contributed by atoms with E-state index in [9.17, 15) is 8.78 Å². The van der Waals surface area contributed by atoms with Crippen LogP contribution < -0.4 is 10.5 Å². The minimum absolute atomic E-state index is 0.155. The number of ether oxygens (including phenoxy) is 1.